The lowest BCUT2D eigenvalue weighted by Crippen LogP contribution is -2.40. The molecule has 0 rings (SSSR count). The number of rotatable bonds is 20. The van der Waals surface area contributed by atoms with Gasteiger partial charge in [0.25, 0.3) is 0 Å². The van der Waals surface area contributed by atoms with Gasteiger partial charge in [0.2, 0.25) is 0 Å². The number of hydrogen-bond donors (Lipinski definition) is 3. The second-order valence-electron chi connectivity index (χ2n) is 7.73. The van der Waals surface area contributed by atoms with Gasteiger partial charge in [0.05, 0.1) is 12.7 Å². The van der Waals surface area contributed by atoms with Gasteiger partial charge in [-0.3, -0.25) is 0 Å². The van der Waals surface area contributed by atoms with Crippen LogP contribution in [-0.4, -0.2) is 46.8 Å². The average molecular weight is 375 g/mol. The van der Waals surface area contributed by atoms with Gasteiger partial charge in [-0.05, 0) is 12.8 Å². The van der Waals surface area contributed by atoms with Crippen LogP contribution in [0.15, 0.2) is 0 Å². The Morgan fingerprint density at radius 1 is 0.577 bits per heavy atom. The second kappa shape index (κ2) is 19.6. The molecule has 0 amide bonds. The van der Waals surface area contributed by atoms with Crippen LogP contribution >= 0.6 is 0 Å². The first-order valence-corrected chi connectivity index (χ1v) is 11.2. The van der Waals surface area contributed by atoms with Gasteiger partial charge in [0.1, 0.15) is 12.2 Å². The van der Waals surface area contributed by atoms with E-state index in [4.69, 9.17) is 4.74 Å². The first kappa shape index (κ1) is 25.8. The van der Waals surface area contributed by atoms with Crippen molar-refractivity contribution in [1.82, 2.24) is 0 Å². The van der Waals surface area contributed by atoms with Gasteiger partial charge in [-0.25, -0.2) is 0 Å². The SMILES string of the molecule is CCCCCCCCCOCC(O)C(O)C(O)CCCCCCCCC. The van der Waals surface area contributed by atoms with E-state index in [1.807, 2.05) is 0 Å². The molecule has 0 spiro atoms. The van der Waals surface area contributed by atoms with E-state index in [1.54, 1.807) is 0 Å². The maximum Gasteiger partial charge on any atom is 0.108 e. The van der Waals surface area contributed by atoms with Crippen LogP contribution in [0.3, 0.4) is 0 Å². The highest BCUT2D eigenvalue weighted by atomic mass is 16.5. The number of ether oxygens (including phenoxy) is 1. The van der Waals surface area contributed by atoms with Crippen molar-refractivity contribution in [3.05, 3.63) is 0 Å². The minimum Gasteiger partial charge on any atom is -0.390 e. The van der Waals surface area contributed by atoms with Crippen LogP contribution in [0.1, 0.15) is 110 Å². The molecule has 0 heterocycles. The van der Waals surface area contributed by atoms with Gasteiger partial charge in [0.15, 0.2) is 0 Å². The van der Waals surface area contributed by atoms with Crippen molar-refractivity contribution in [1.29, 1.82) is 0 Å². The van der Waals surface area contributed by atoms with Gasteiger partial charge in [0, 0.05) is 6.61 Å². The number of aliphatic hydroxyl groups is 3. The van der Waals surface area contributed by atoms with Crippen LogP contribution in [0, 0.1) is 0 Å². The van der Waals surface area contributed by atoms with E-state index in [0.717, 1.165) is 25.7 Å². The topological polar surface area (TPSA) is 69.9 Å². The van der Waals surface area contributed by atoms with Crippen molar-refractivity contribution in [2.24, 2.45) is 0 Å². The Labute approximate surface area is 162 Å². The normalized spacial score (nSPS) is 15.1. The van der Waals surface area contributed by atoms with E-state index in [2.05, 4.69) is 13.8 Å². The molecule has 0 aliphatic heterocycles. The third kappa shape index (κ3) is 16.0. The van der Waals surface area contributed by atoms with Crippen molar-refractivity contribution >= 4 is 0 Å². The average Bonchev–Trinajstić information content (AvgIpc) is 2.65. The Morgan fingerprint density at radius 3 is 1.58 bits per heavy atom. The standard InChI is InChI=1S/C22H46O4/c1-3-5-7-9-11-13-15-17-20(23)22(25)21(24)19-26-18-16-14-12-10-8-6-4-2/h20-25H,3-19H2,1-2H3. The summed E-state index contributed by atoms with van der Waals surface area (Å²) >= 11 is 0. The zero-order valence-corrected chi connectivity index (χ0v) is 17.5. The molecule has 3 N–H and O–H groups in total. The first-order chi connectivity index (χ1) is 12.6. The Balaban J connectivity index is 3.51. The molecule has 0 saturated heterocycles. The molecule has 0 aromatic heterocycles. The molecule has 0 bridgehead atoms. The monoisotopic (exact) mass is 374 g/mol. The molecule has 0 radical (unpaired) electrons. The molecule has 0 aromatic rings. The van der Waals surface area contributed by atoms with Crippen molar-refractivity contribution in [2.75, 3.05) is 13.2 Å². The van der Waals surface area contributed by atoms with Crippen LogP contribution in [0.4, 0.5) is 0 Å². The fourth-order valence-electron chi connectivity index (χ4n) is 3.20. The molecule has 158 valence electrons. The number of aliphatic hydroxyl groups excluding tert-OH is 3. The summed E-state index contributed by atoms with van der Waals surface area (Å²) in [6.45, 7) is 5.15. The van der Waals surface area contributed by atoms with Gasteiger partial charge in [-0.2, -0.15) is 0 Å². The van der Waals surface area contributed by atoms with Crippen LogP contribution in [0.2, 0.25) is 0 Å². The highest BCUT2D eigenvalue weighted by molar-refractivity contribution is 4.75. The van der Waals surface area contributed by atoms with E-state index < -0.39 is 18.3 Å². The molecule has 4 heteroatoms. The van der Waals surface area contributed by atoms with E-state index in [9.17, 15) is 15.3 Å². The number of hydrogen-bond acceptors (Lipinski definition) is 4. The predicted molar refractivity (Wildman–Crippen MR) is 109 cm³/mol. The molecule has 4 nitrogen and oxygen atoms in total. The first-order valence-electron chi connectivity index (χ1n) is 11.2. The quantitative estimate of drug-likeness (QED) is 0.263. The Morgan fingerprint density at radius 2 is 1.04 bits per heavy atom. The molecule has 26 heavy (non-hydrogen) atoms. The van der Waals surface area contributed by atoms with Crippen molar-refractivity contribution < 1.29 is 20.1 Å². The molecule has 3 unspecified atom stereocenters. The molecule has 0 aliphatic rings. The van der Waals surface area contributed by atoms with Crippen LogP contribution in [0.5, 0.6) is 0 Å². The van der Waals surface area contributed by atoms with E-state index >= 15 is 0 Å². The zero-order chi connectivity index (χ0) is 19.5. The molecular formula is C22H46O4. The molecule has 0 fully saturated rings. The minimum absolute atomic E-state index is 0.102. The Hall–Kier alpha value is -0.160. The lowest BCUT2D eigenvalue weighted by molar-refractivity contribution is -0.0902. The lowest BCUT2D eigenvalue weighted by Gasteiger charge is -2.23. The largest absolute Gasteiger partial charge is 0.390 e. The van der Waals surface area contributed by atoms with Gasteiger partial charge < -0.3 is 20.1 Å². The van der Waals surface area contributed by atoms with Crippen molar-refractivity contribution in [3.63, 3.8) is 0 Å². The van der Waals surface area contributed by atoms with Crippen molar-refractivity contribution in [3.8, 4) is 0 Å². The Bertz CT molecular complexity index is 273. The summed E-state index contributed by atoms with van der Waals surface area (Å²) in [5.41, 5.74) is 0. The van der Waals surface area contributed by atoms with Crippen LogP contribution in [-0.2, 0) is 4.74 Å². The van der Waals surface area contributed by atoms with E-state index in [1.165, 1.54) is 64.2 Å². The lowest BCUT2D eigenvalue weighted by atomic mass is 10.0. The maximum absolute atomic E-state index is 10.0. The third-order valence-electron chi connectivity index (χ3n) is 5.07. The maximum atomic E-state index is 10.0. The van der Waals surface area contributed by atoms with Crippen LogP contribution < -0.4 is 0 Å². The summed E-state index contributed by atoms with van der Waals surface area (Å²) in [6.07, 6.45) is 14.4. The highest BCUT2D eigenvalue weighted by Crippen LogP contribution is 2.13. The highest BCUT2D eigenvalue weighted by Gasteiger charge is 2.24. The van der Waals surface area contributed by atoms with Gasteiger partial charge >= 0.3 is 0 Å². The second-order valence-corrected chi connectivity index (χ2v) is 7.73. The van der Waals surface area contributed by atoms with E-state index in [0.29, 0.717) is 13.0 Å². The Kier molecular flexibility index (Phi) is 19.5. The molecule has 0 aromatic carbocycles. The summed E-state index contributed by atoms with van der Waals surface area (Å²) in [6, 6.07) is 0. The molecular weight excluding hydrogens is 328 g/mol. The summed E-state index contributed by atoms with van der Waals surface area (Å²) in [7, 11) is 0. The molecule has 0 aliphatic carbocycles. The molecule has 3 atom stereocenters. The van der Waals surface area contributed by atoms with Crippen molar-refractivity contribution in [2.45, 2.75) is 128 Å². The predicted octanol–water partition coefficient (Wildman–Crippen LogP) is 4.98. The van der Waals surface area contributed by atoms with Gasteiger partial charge in [-0.1, -0.05) is 97.3 Å². The molecule has 0 saturated carbocycles. The van der Waals surface area contributed by atoms with Crippen LogP contribution in [0.25, 0.3) is 0 Å². The summed E-state index contributed by atoms with van der Waals surface area (Å²) in [4.78, 5) is 0. The minimum atomic E-state index is -1.11. The summed E-state index contributed by atoms with van der Waals surface area (Å²) in [5, 5.41) is 30.0. The third-order valence-corrected chi connectivity index (χ3v) is 5.07. The fraction of sp³-hybridized carbons (Fsp3) is 1.00. The summed E-state index contributed by atoms with van der Waals surface area (Å²) < 4.78 is 5.45. The smallest absolute Gasteiger partial charge is 0.108 e. The van der Waals surface area contributed by atoms with E-state index in [-0.39, 0.29) is 6.61 Å². The fourth-order valence-corrected chi connectivity index (χ4v) is 3.20. The zero-order valence-electron chi connectivity index (χ0n) is 17.5. The number of unbranched alkanes of at least 4 members (excludes halogenated alkanes) is 12. The van der Waals surface area contributed by atoms with Gasteiger partial charge in [-0.15, -0.1) is 0 Å². The summed E-state index contributed by atoms with van der Waals surface area (Å²) in [5.74, 6) is 0.